The van der Waals surface area contributed by atoms with E-state index in [1.165, 1.54) is 12.1 Å². The lowest BCUT2D eigenvalue weighted by atomic mass is 9.94. The van der Waals surface area contributed by atoms with Crippen LogP contribution in [-0.4, -0.2) is 49.2 Å². The van der Waals surface area contributed by atoms with Gasteiger partial charge in [0.2, 0.25) is 5.95 Å². The molecule has 1 unspecified atom stereocenters. The number of anilines is 2. The van der Waals surface area contributed by atoms with Crippen LogP contribution in [0, 0.1) is 23.2 Å². The predicted octanol–water partition coefficient (Wildman–Crippen LogP) is 4.25. The number of hydrogen-bond donors (Lipinski definition) is 2. The monoisotopic (exact) mass is 572 g/mol. The third-order valence-electron chi connectivity index (χ3n) is 6.91. The molecule has 212 valence electrons. The summed E-state index contributed by atoms with van der Waals surface area (Å²) in [7, 11) is 0. The number of carbonyl (C=O) groups is 2. The van der Waals surface area contributed by atoms with Crippen molar-refractivity contribution in [2.24, 2.45) is 0 Å². The highest BCUT2D eigenvalue weighted by molar-refractivity contribution is 6.05. The maximum atomic E-state index is 13.1. The van der Waals surface area contributed by atoms with Crippen LogP contribution in [0.5, 0.6) is 0 Å². The zero-order chi connectivity index (χ0) is 30.0. The summed E-state index contributed by atoms with van der Waals surface area (Å²) in [6.45, 7) is 2.63. The number of amides is 2. The van der Waals surface area contributed by atoms with Crippen molar-refractivity contribution >= 4 is 29.1 Å². The fourth-order valence-electron chi connectivity index (χ4n) is 4.98. The normalized spacial score (nSPS) is 15.0. The van der Waals surface area contributed by atoms with Crippen molar-refractivity contribution < 1.29 is 22.8 Å². The summed E-state index contributed by atoms with van der Waals surface area (Å²) in [6, 6.07) is 9.63. The number of nitrogens with zero attached hydrogens (tertiary/aromatic N) is 6. The van der Waals surface area contributed by atoms with Crippen LogP contribution in [0.15, 0.2) is 48.8 Å². The molecule has 0 bridgehead atoms. The summed E-state index contributed by atoms with van der Waals surface area (Å²) in [5, 5.41) is 12.2. The molecule has 4 heterocycles. The standard InChI is InChI=1S/C29H23F3N8O2/c1-2-4-24(41)39-12-3-5-18(16-39)25-22-9-11-36-28(34)40(22)26(38-25)17-6-7-21(19(13-17)15-33)27(42)37-23-14-20(8-10-35-23)29(30,31)32/h6-11,13-14,18H,3,5,12,16H2,1H3,(H2,34,36)(H,35,37,42). The second kappa shape index (κ2) is 11.2. The molecule has 0 saturated carbocycles. The quantitative estimate of drug-likeness (QED) is 0.348. The SMILES string of the molecule is CC#CC(=O)N1CCCC(c2nc(-c3ccc(C(=O)Nc4cc(C(F)(F)F)ccn4)c(C#N)c3)n3c(N)nccc23)C1. The van der Waals surface area contributed by atoms with Gasteiger partial charge in [-0.15, -0.1) is 0 Å². The molecule has 3 N–H and O–H groups in total. The Labute approximate surface area is 238 Å². The highest BCUT2D eigenvalue weighted by atomic mass is 19.4. The van der Waals surface area contributed by atoms with Crippen molar-refractivity contribution in [3.8, 4) is 29.3 Å². The van der Waals surface area contributed by atoms with Crippen molar-refractivity contribution in [3.63, 3.8) is 0 Å². The van der Waals surface area contributed by atoms with Gasteiger partial charge in [0, 0.05) is 37.0 Å². The van der Waals surface area contributed by atoms with E-state index < -0.39 is 17.6 Å². The Kier molecular flexibility index (Phi) is 7.51. The average molecular weight is 573 g/mol. The van der Waals surface area contributed by atoms with Crippen molar-refractivity contribution in [1.82, 2.24) is 24.3 Å². The molecule has 4 aromatic rings. The molecule has 1 aliphatic heterocycles. The Bertz CT molecular complexity index is 1810. The molecular formula is C29H23F3N8O2. The zero-order valence-electron chi connectivity index (χ0n) is 22.2. The number of likely N-dealkylation sites (tertiary alicyclic amines) is 1. The number of nitrogen functional groups attached to an aromatic ring is 1. The van der Waals surface area contributed by atoms with Crippen molar-refractivity contribution in [2.75, 3.05) is 24.1 Å². The van der Waals surface area contributed by atoms with Gasteiger partial charge in [-0.3, -0.25) is 14.0 Å². The number of pyridine rings is 1. The van der Waals surface area contributed by atoms with Crippen LogP contribution in [0.4, 0.5) is 24.9 Å². The van der Waals surface area contributed by atoms with Crippen LogP contribution >= 0.6 is 0 Å². The van der Waals surface area contributed by atoms with Gasteiger partial charge in [-0.05, 0) is 56.0 Å². The molecule has 10 nitrogen and oxygen atoms in total. The van der Waals surface area contributed by atoms with Gasteiger partial charge in [-0.2, -0.15) is 18.4 Å². The number of nitrogens with one attached hydrogen (secondary N) is 1. The van der Waals surface area contributed by atoms with Gasteiger partial charge < -0.3 is 16.0 Å². The molecule has 5 rings (SSSR count). The number of piperidine rings is 1. The Morgan fingerprint density at radius 2 is 1.93 bits per heavy atom. The van der Waals surface area contributed by atoms with Crippen LogP contribution in [0.1, 0.15) is 52.9 Å². The third kappa shape index (κ3) is 5.45. The molecule has 1 aliphatic rings. The van der Waals surface area contributed by atoms with E-state index in [-0.39, 0.29) is 34.7 Å². The van der Waals surface area contributed by atoms with Gasteiger partial charge in [0.1, 0.15) is 11.6 Å². The van der Waals surface area contributed by atoms with E-state index in [2.05, 4.69) is 27.1 Å². The minimum atomic E-state index is -4.61. The first-order chi connectivity index (χ1) is 20.1. The number of imidazole rings is 1. The molecule has 1 saturated heterocycles. The Morgan fingerprint density at radius 1 is 1.14 bits per heavy atom. The van der Waals surface area contributed by atoms with Crippen molar-refractivity contribution in [3.05, 3.63) is 71.2 Å². The summed E-state index contributed by atoms with van der Waals surface area (Å²) in [4.78, 5) is 39.9. The topological polar surface area (TPSA) is 142 Å². The molecule has 0 spiro atoms. The van der Waals surface area contributed by atoms with Crippen LogP contribution in [0.25, 0.3) is 16.9 Å². The number of carbonyl (C=O) groups excluding carboxylic acids is 2. The maximum absolute atomic E-state index is 13.1. The summed E-state index contributed by atoms with van der Waals surface area (Å²) >= 11 is 0. The van der Waals surface area contributed by atoms with E-state index in [9.17, 15) is 28.0 Å². The first-order valence-corrected chi connectivity index (χ1v) is 12.8. The van der Waals surface area contributed by atoms with Gasteiger partial charge in [-0.1, -0.05) is 12.0 Å². The number of rotatable bonds is 4. The van der Waals surface area contributed by atoms with Crippen LogP contribution in [-0.2, 0) is 11.0 Å². The number of nitriles is 1. The van der Waals surface area contributed by atoms with Crippen LogP contribution in [0.2, 0.25) is 0 Å². The average Bonchev–Trinajstić information content (AvgIpc) is 3.38. The first kappa shape index (κ1) is 28.1. The largest absolute Gasteiger partial charge is 0.416 e. The summed E-state index contributed by atoms with van der Waals surface area (Å²) in [5.41, 5.74) is 7.03. The van der Waals surface area contributed by atoms with Gasteiger partial charge >= 0.3 is 6.18 Å². The minimum Gasteiger partial charge on any atom is -0.369 e. The summed E-state index contributed by atoms with van der Waals surface area (Å²) in [6.07, 6.45) is -0.572. The van der Waals surface area contributed by atoms with Crippen LogP contribution in [0.3, 0.4) is 0 Å². The molecule has 2 amide bonds. The fraction of sp³-hybridized carbons (Fsp3) is 0.241. The second-order valence-electron chi connectivity index (χ2n) is 9.56. The number of nitrogens with two attached hydrogens (primary N) is 1. The van der Waals surface area contributed by atoms with Crippen LogP contribution < -0.4 is 11.1 Å². The fourth-order valence-corrected chi connectivity index (χ4v) is 4.98. The molecular weight excluding hydrogens is 549 g/mol. The number of hydrogen-bond acceptors (Lipinski definition) is 7. The van der Waals surface area contributed by atoms with Gasteiger partial charge in [0.25, 0.3) is 11.8 Å². The number of aromatic nitrogens is 4. The zero-order valence-corrected chi connectivity index (χ0v) is 22.2. The van der Waals surface area contributed by atoms with E-state index in [0.717, 1.165) is 25.1 Å². The lowest BCUT2D eigenvalue weighted by Gasteiger charge is -2.30. The highest BCUT2D eigenvalue weighted by Gasteiger charge is 2.31. The maximum Gasteiger partial charge on any atom is 0.416 e. The van der Waals surface area contributed by atoms with Crippen molar-refractivity contribution in [2.45, 2.75) is 31.9 Å². The minimum absolute atomic E-state index is 0.0367. The molecule has 13 heteroatoms. The molecule has 1 atom stereocenters. The predicted molar refractivity (Wildman–Crippen MR) is 147 cm³/mol. The van der Waals surface area contributed by atoms with E-state index in [1.54, 1.807) is 34.6 Å². The molecule has 1 aromatic carbocycles. The molecule has 0 radical (unpaired) electrons. The summed E-state index contributed by atoms with van der Waals surface area (Å²) in [5.74, 6) is 4.28. The lowest BCUT2D eigenvalue weighted by molar-refractivity contribution is -0.137. The van der Waals surface area contributed by atoms with E-state index >= 15 is 0 Å². The third-order valence-corrected chi connectivity index (χ3v) is 6.91. The molecule has 1 fully saturated rings. The Balaban J connectivity index is 1.50. The van der Waals surface area contributed by atoms with Crippen molar-refractivity contribution in [1.29, 1.82) is 5.26 Å². The van der Waals surface area contributed by atoms with Gasteiger partial charge in [0.05, 0.1) is 34.0 Å². The highest BCUT2D eigenvalue weighted by Crippen LogP contribution is 2.34. The number of alkyl halides is 3. The Morgan fingerprint density at radius 3 is 2.67 bits per heavy atom. The van der Waals surface area contributed by atoms with E-state index in [0.29, 0.717) is 41.8 Å². The Hall–Kier alpha value is -5.43. The lowest BCUT2D eigenvalue weighted by Crippen LogP contribution is -2.38. The van der Waals surface area contributed by atoms with E-state index in [1.807, 2.05) is 6.07 Å². The number of benzene rings is 1. The first-order valence-electron chi connectivity index (χ1n) is 12.8. The second-order valence-corrected chi connectivity index (χ2v) is 9.56. The smallest absolute Gasteiger partial charge is 0.369 e. The number of halogens is 3. The molecule has 0 aliphatic carbocycles. The number of fused-ring (bicyclic) bond motifs is 1. The summed E-state index contributed by atoms with van der Waals surface area (Å²) < 4.78 is 40.9. The molecule has 42 heavy (non-hydrogen) atoms. The molecule has 3 aromatic heterocycles. The van der Waals surface area contributed by atoms with E-state index in [4.69, 9.17) is 10.7 Å². The van der Waals surface area contributed by atoms with Gasteiger partial charge in [0.15, 0.2) is 0 Å². The van der Waals surface area contributed by atoms with Gasteiger partial charge in [-0.25, -0.2) is 15.0 Å².